The molecule has 2 aromatic carbocycles. The van der Waals surface area contributed by atoms with Gasteiger partial charge in [-0.3, -0.25) is 0 Å². The molecule has 0 N–H and O–H groups in total. The number of para-hydroxylation sites is 2. The SMILES string of the molecule is CN1C(=O)C(=Cc2ccc(N3c4ccccc4Sc4ccccc43)[te]2)C(=O)N(C)C1=[Se]. The van der Waals surface area contributed by atoms with Crippen molar-refractivity contribution in [2.24, 2.45) is 0 Å². The molecule has 2 amide bonds. The fourth-order valence-corrected chi connectivity index (χ4v) is 7.80. The van der Waals surface area contributed by atoms with Crippen LogP contribution in [0.4, 0.5) is 15.1 Å². The van der Waals surface area contributed by atoms with Gasteiger partial charge in [-0.15, -0.1) is 0 Å². The van der Waals surface area contributed by atoms with Crippen LogP contribution in [0, 0.1) is 0 Å². The quantitative estimate of drug-likeness (QED) is 0.200. The fraction of sp³-hybridized carbons (Fsp3) is 0.0870. The Kier molecular flexibility index (Phi) is 5.45. The molecule has 2 aliphatic heterocycles. The van der Waals surface area contributed by atoms with Crippen LogP contribution in [0.25, 0.3) is 6.08 Å². The second-order valence-corrected chi connectivity index (χ2v) is 12.1. The van der Waals surface area contributed by atoms with Crippen molar-refractivity contribution in [1.82, 2.24) is 9.80 Å². The van der Waals surface area contributed by atoms with Crippen molar-refractivity contribution in [2.45, 2.75) is 9.79 Å². The summed E-state index contributed by atoms with van der Waals surface area (Å²) in [4.78, 5) is 33.2. The van der Waals surface area contributed by atoms with E-state index in [4.69, 9.17) is 0 Å². The third-order valence-electron chi connectivity index (χ3n) is 5.20. The Morgan fingerprint density at radius 1 is 0.839 bits per heavy atom. The van der Waals surface area contributed by atoms with Gasteiger partial charge in [0.25, 0.3) is 0 Å². The van der Waals surface area contributed by atoms with Gasteiger partial charge in [0.2, 0.25) is 0 Å². The van der Waals surface area contributed by atoms with Crippen LogP contribution >= 0.6 is 11.8 Å². The fourth-order valence-electron chi connectivity index (χ4n) is 3.60. The predicted molar refractivity (Wildman–Crippen MR) is 126 cm³/mol. The Bertz CT molecular complexity index is 1210. The summed E-state index contributed by atoms with van der Waals surface area (Å²) < 4.78 is 2.82. The Balaban J connectivity index is 1.57. The van der Waals surface area contributed by atoms with Crippen LogP contribution in [0.1, 0.15) is 3.58 Å². The van der Waals surface area contributed by atoms with Gasteiger partial charge in [0.1, 0.15) is 0 Å². The molecule has 5 rings (SSSR count). The minimum absolute atomic E-state index is 0.213. The second-order valence-electron chi connectivity index (χ2n) is 7.12. The molecule has 0 unspecified atom stereocenters. The summed E-state index contributed by atoms with van der Waals surface area (Å²) in [5.74, 6) is -0.549. The van der Waals surface area contributed by atoms with Crippen molar-refractivity contribution in [1.29, 1.82) is 0 Å². The predicted octanol–water partition coefficient (Wildman–Crippen LogP) is 3.25. The summed E-state index contributed by atoms with van der Waals surface area (Å²) in [7, 11) is 3.35. The van der Waals surface area contributed by atoms with E-state index in [2.05, 4.69) is 81.1 Å². The van der Waals surface area contributed by atoms with Gasteiger partial charge < -0.3 is 0 Å². The maximum absolute atomic E-state index is 12.7. The monoisotopic (exact) mass is 609 g/mol. The molecule has 0 spiro atoms. The maximum atomic E-state index is 12.7. The van der Waals surface area contributed by atoms with E-state index in [1.807, 2.05) is 0 Å². The van der Waals surface area contributed by atoms with Gasteiger partial charge in [0, 0.05) is 0 Å². The number of rotatable bonds is 2. The van der Waals surface area contributed by atoms with Crippen LogP contribution in [0.2, 0.25) is 0 Å². The van der Waals surface area contributed by atoms with Crippen LogP contribution in [0.5, 0.6) is 0 Å². The molecule has 31 heavy (non-hydrogen) atoms. The van der Waals surface area contributed by atoms with Crippen LogP contribution < -0.4 is 4.90 Å². The first-order chi connectivity index (χ1) is 15.0. The van der Waals surface area contributed by atoms with Gasteiger partial charge in [-0.2, -0.15) is 0 Å². The molecule has 0 saturated carbocycles. The molecule has 2 aliphatic rings. The van der Waals surface area contributed by atoms with E-state index in [-0.39, 0.29) is 17.4 Å². The molecule has 0 bridgehead atoms. The van der Waals surface area contributed by atoms with E-state index in [0.29, 0.717) is 4.67 Å². The van der Waals surface area contributed by atoms with Gasteiger partial charge in [-0.25, -0.2) is 0 Å². The first kappa shape index (κ1) is 20.8. The van der Waals surface area contributed by atoms with Gasteiger partial charge in [0.05, 0.1) is 0 Å². The average Bonchev–Trinajstić information content (AvgIpc) is 3.25. The van der Waals surface area contributed by atoms with Crippen LogP contribution in [0.3, 0.4) is 0 Å². The van der Waals surface area contributed by atoms with Crippen molar-refractivity contribution in [3.8, 4) is 0 Å². The number of carbonyl (C=O) groups excluding carboxylic acids is 2. The molecule has 5 nitrogen and oxygen atoms in total. The molecule has 3 aromatic rings. The van der Waals surface area contributed by atoms with Crippen LogP contribution in [-0.2, 0) is 9.59 Å². The first-order valence-corrected chi connectivity index (χ1v) is 13.5. The molecule has 1 saturated heterocycles. The molecular formula is C23H17N3O2SSeTe. The van der Waals surface area contributed by atoms with Gasteiger partial charge in [-0.05, 0) is 0 Å². The Morgan fingerprint density at radius 3 is 1.97 bits per heavy atom. The summed E-state index contributed by atoms with van der Waals surface area (Å²) in [6.07, 6.45) is 1.78. The molecule has 0 atom stereocenters. The van der Waals surface area contributed by atoms with Crippen LogP contribution in [0.15, 0.2) is 76.0 Å². The normalized spacial score (nSPS) is 15.9. The molecule has 8 heteroatoms. The van der Waals surface area contributed by atoms with E-state index >= 15 is 0 Å². The van der Waals surface area contributed by atoms with Crippen molar-refractivity contribution in [3.05, 3.63) is 69.8 Å². The Hall–Kier alpha value is -2.07. The Morgan fingerprint density at radius 2 is 1.39 bits per heavy atom. The van der Waals surface area contributed by atoms with Crippen molar-refractivity contribution in [3.63, 3.8) is 0 Å². The van der Waals surface area contributed by atoms with E-state index in [1.165, 1.54) is 34.7 Å². The number of benzene rings is 2. The molecule has 154 valence electrons. The summed E-state index contributed by atoms with van der Waals surface area (Å²) in [5, 5.41) is 0. The summed E-state index contributed by atoms with van der Waals surface area (Å²) in [6, 6.07) is 21.0. The molecular weight excluding hydrogens is 589 g/mol. The summed E-state index contributed by atoms with van der Waals surface area (Å²) >= 11 is 3.80. The third kappa shape index (κ3) is 3.53. The van der Waals surface area contributed by atoms with Gasteiger partial charge >= 0.3 is 203 Å². The third-order valence-corrected chi connectivity index (χ3v) is 10.4. The number of anilines is 3. The standard InChI is InChI=1S/C23H17N3O2SSeTe/c1-24-21(27)15(22(28)25(2)23(24)30)13-14-11-12-20(31-14)26-16-7-3-5-9-18(16)29-19-10-6-4-8-17(19)26/h3-13H,1-2H3. The number of carbonyl (C=O) groups is 2. The Labute approximate surface area is 202 Å². The van der Waals surface area contributed by atoms with E-state index in [1.54, 1.807) is 31.9 Å². The minimum atomic E-state index is -0.786. The number of hydrogen-bond donors (Lipinski definition) is 0. The molecule has 0 radical (unpaired) electrons. The summed E-state index contributed by atoms with van der Waals surface area (Å²) in [6.45, 7) is 0. The number of hydrogen-bond acceptors (Lipinski definition) is 4. The van der Waals surface area contributed by atoms with Gasteiger partial charge in [-0.1, -0.05) is 0 Å². The second kappa shape index (κ2) is 8.12. The number of amides is 2. The van der Waals surface area contributed by atoms with Crippen LogP contribution in [-0.4, -0.2) is 76.4 Å². The average molecular weight is 606 g/mol. The number of likely N-dealkylation sites (N-methyl/N-ethyl adjacent to an activating group) is 2. The number of fused-ring (bicyclic) bond motifs is 2. The van der Waals surface area contributed by atoms with E-state index in [9.17, 15) is 9.59 Å². The first-order valence-electron chi connectivity index (χ1n) is 9.53. The number of nitrogens with zero attached hydrogens (tertiary/aromatic N) is 3. The van der Waals surface area contributed by atoms with E-state index in [0.717, 1.165) is 3.58 Å². The summed E-state index contributed by atoms with van der Waals surface area (Å²) in [5.41, 5.74) is 2.56. The van der Waals surface area contributed by atoms with Crippen molar-refractivity contribution < 1.29 is 9.59 Å². The zero-order valence-electron chi connectivity index (χ0n) is 16.7. The topological polar surface area (TPSA) is 43.9 Å². The van der Waals surface area contributed by atoms with Crippen molar-refractivity contribution in [2.75, 3.05) is 19.0 Å². The zero-order valence-corrected chi connectivity index (χ0v) is 21.6. The van der Waals surface area contributed by atoms with E-state index < -0.39 is 20.4 Å². The molecule has 3 heterocycles. The van der Waals surface area contributed by atoms with Gasteiger partial charge in [0.15, 0.2) is 0 Å². The molecule has 1 fully saturated rings. The molecule has 0 aliphatic carbocycles. The zero-order chi connectivity index (χ0) is 21.7. The van der Waals surface area contributed by atoms with Crippen molar-refractivity contribution >= 4 is 85.4 Å². The molecule has 1 aromatic heterocycles.